The van der Waals surface area contributed by atoms with Crippen molar-refractivity contribution in [3.63, 3.8) is 0 Å². The molecule has 2 N–H and O–H groups in total. The minimum Gasteiger partial charge on any atom is -0.481 e. The molecule has 1 aliphatic rings. The van der Waals surface area contributed by atoms with Crippen molar-refractivity contribution in [3.8, 4) is 0 Å². The highest BCUT2D eigenvalue weighted by molar-refractivity contribution is 7.87. The fraction of sp³-hybridized carbons (Fsp3) is 0.917. The van der Waals surface area contributed by atoms with Crippen LogP contribution in [0.4, 0.5) is 0 Å². The van der Waals surface area contributed by atoms with E-state index in [1.54, 1.807) is 6.92 Å². The molecular weight excluding hydrogens is 284 g/mol. The maximum Gasteiger partial charge on any atom is 0.303 e. The maximum atomic E-state index is 12.2. The molecule has 0 aromatic heterocycles. The number of carboxylic acids is 1. The summed E-state index contributed by atoms with van der Waals surface area (Å²) in [5.74, 6) is -0.865. The molecule has 118 valence electrons. The molecule has 7 nitrogen and oxygen atoms in total. The van der Waals surface area contributed by atoms with Crippen LogP contribution in [0.5, 0.6) is 0 Å². The van der Waals surface area contributed by atoms with E-state index in [1.807, 2.05) is 13.8 Å². The molecule has 3 unspecified atom stereocenters. The zero-order chi connectivity index (χ0) is 15.3. The van der Waals surface area contributed by atoms with Gasteiger partial charge in [0, 0.05) is 25.6 Å². The van der Waals surface area contributed by atoms with Crippen LogP contribution in [-0.4, -0.2) is 55.1 Å². The number of rotatable bonds is 7. The van der Waals surface area contributed by atoms with Crippen molar-refractivity contribution in [2.45, 2.75) is 58.3 Å². The fourth-order valence-corrected chi connectivity index (χ4v) is 3.86. The lowest BCUT2D eigenvalue weighted by molar-refractivity contribution is -0.137. The van der Waals surface area contributed by atoms with Crippen molar-refractivity contribution in [1.29, 1.82) is 0 Å². The molecule has 1 rings (SSSR count). The summed E-state index contributed by atoms with van der Waals surface area (Å²) < 4.78 is 33.9. The summed E-state index contributed by atoms with van der Waals surface area (Å²) in [5, 5.41) is 8.56. The van der Waals surface area contributed by atoms with E-state index in [9.17, 15) is 13.2 Å². The quantitative estimate of drug-likeness (QED) is 0.717. The third-order valence-electron chi connectivity index (χ3n) is 3.10. The van der Waals surface area contributed by atoms with Crippen LogP contribution in [0.2, 0.25) is 0 Å². The van der Waals surface area contributed by atoms with E-state index in [0.717, 1.165) is 0 Å². The van der Waals surface area contributed by atoms with Gasteiger partial charge in [0.2, 0.25) is 0 Å². The van der Waals surface area contributed by atoms with Gasteiger partial charge in [0.1, 0.15) is 0 Å². The molecule has 0 spiro atoms. The van der Waals surface area contributed by atoms with Crippen molar-refractivity contribution in [2.24, 2.45) is 0 Å². The van der Waals surface area contributed by atoms with Crippen LogP contribution in [0.15, 0.2) is 0 Å². The second-order valence-electron chi connectivity index (χ2n) is 5.38. The summed E-state index contributed by atoms with van der Waals surface area (Å²) in [7, 11) is -3.54. The largest absolute Gasteiger partial charge is 0.481 e. The lowest BCUT2D eigenvalue weighted by Crippen LogP contribution is -2.53. The van der Waals surface area contributed by atoms with Gasteiger partial charge in [-0.25, -0.2) is 0 Å². The van der Waals surface area contributed by atoms with E-state index in [0.29, 0.717) is 25.9 Å². The molecule has 1 saturated heterocycles. The summed E-state index contributed by atoms with van der Waals surface area (Å²) in [5.41, 5.74) is 0. The standard InChI is InChI=1S/C12H24N2O5S/c1-9(5-4-6-12(15)16)13-20(17,18)14-7-10(2)19-11(3)8-14/h9-11,13H,4-8H2,1-3H3,(H,15,16). The molecule has 0 amide bonds. The van der Waals surface area contributed by atoms with E-state index >= 15 is 0 Å². The average molecular weight is 308 g/mol. The Balaban J connectivity index is 2.49. The summed E-state index contributed by atoms with van der Waals surface area (Å²) in [6, 6.07) is -0.284. The van der Waals surface area contributed by atoms with Gasteiger partial charge in [-0.1, -0.05) is 0 Å². The Bertz CT molecular complexity index is 416. The Kier molecular flexibility index (Phi) is 6.38. The van der Waals surface area contributed by atoms with E-state index in [1.165, 1.54) is 4.31 Å². The van der Waals surface area contributed by atoms with E-state index in [2.05, 4.69) is 4.72 Å². The highest BCUT2D eigenvalue weighted by Crippen LogP contribution is 2.14. The van der Waals surface area contributed by atoms with Crippen molar-refractivity contribution in [1.82, 2.24) is 9.03 Å². The molecule has 20 heavy (non-hydrogen) atoms. The molecule has 3 atom stereocenters. The Morgan fingerprint density at radius 3 is 2.45 bits per heavy atom. The molecule has 0 aromatic carbocycles. The Hall–Kier alpha value is -0.700. The normalized spacial score (nSPS) is 26.4. The lowest BCUT2D eigenvalue weighted by Gasteiger charge is -2.35. The Labute approximate surface area is 120 Å². The van der Waals surface area contributed by atoms with Gasteiger partial charge >= 0.3 is 5.97 Å². The molecule has 0 aliphatic carbocycles. The molecular formula is C12H24N2O5S. The Morgan fingerprint density at radius 2 is 1.95 bits per heavy atom. The van der Waals surface area contributed by atoms with Crippen LogP contribution in [0, 0.1) is 0 Å². The van der Waals surface area contributed by atoms with Crippen molar-refractivity contribution >= 4 is 16.2 Å². The molecule has 8 heteroatoms. The van der Waals surface area contributed by atoms with Crippen LogP contribution in [0.3, 0.4) is 0 Å². The number of carboxylic acid groups (broad SMARTS) is 1. The first kappa shape index (κ1) is 17.4. The van der Waals surface area contributed by atoms with Gasteiger partial charge in [-0.3, -0.25) is 4.79 Å². The zero-order valence-electron chi connectivity index (χ0n) is 12.2. The van der Waals surface area contributed by atoms with Gasteiger partial charge in [-0.15, -0.1) is 0 Å². The van der Waals surface area contributed by atoms with Gasteiger partial charge in [0.15, 0.2) is 0 Å². The molecule has 0 saturated carbocycles. The molecule has 1 fully saturated rings. The lowest BCUT2D eigenvalue weighted by atomic mass is 10.1. The summed E-state index contributed by atoms with van der Waals surface area (Å²) >= 11 is 0. The monoisotopic (exact) mass is 308 g/mol. The van der Waals surface area contributed by atoms with Crippen LogP contribution in [0.1, 0.15) is 40.0 Å². The minimum atomic E-state index is -3.54. The van der Waals surface area contributed by atoms with E-state index < -0.39 is 16.2 Å². The Morgan fingerprint density at radius 1 is 1.40 bits per heavy atom. The number of aliphatic carboxylic acids is 1. The van der Waals surface area contributed by atoms with Crippen LogP contribution < -0.4 is 4.72 Å². The number of nitrogens with one attached hydrogen (secondary N) is 1. The van der Waals surface area contributed by atoms with Crippen molar-refractivity contribution in [2.75, 3.05) is 13.1 Å². The SMILES string of the molecule is CC(CCCC(=O)O)NS(=O)(=O)N1CC(C)OC(C)C1. The van der Waals surface area contributed by atoms with E-state index in [4.69, 9.17) is 9.84 Å². The topological polar surface area (TPSA) is 95.9 Å². The van der Waals surface area contributed by atoms with Gasteiger partial charge in [-0.05, 0) is 33.6 Å². The van der Waals surface area contributed by atoms with Gasteiger partial charge < -0.3 is 9.84 Å². The predicted molar refractivity (Wildman–Crippen MR) is 74.6 cm³/mol. The van der Waals surface area contributed by atoms with Gasteiger partial charge in [0.05, 0.1) is 12.2 Å². The van der Waals surface area contributed by atoms with E-state index in [-0.39, 0.29) is 24.7 Å². The molecule has 1 heterocycles. The molecule has 0 aromatic rings. The van der Waals surface area contributed by atoms with Gasteiger partial charge in [0.25, 0.3) is 10.2 Å². The third kappa shape index (κ3) is 5.74. The van der Waals surface area contributed by atoms with Crippen molar-refractivity contribution < 1.29 is 23.1 Å². The molecule has 1 aliphatic heterocycles. The molecule has 0 bridgehead atoms. The smallest absolute Gasteiger partial charge is 0.303 e. The average Bonchev–Trinajstić information content (AvgIpc) is 2.26. The number of carbonyl (C=O) groups is 1. The van der Waals surface area contributed by atoms with Crippen LogP contribution in [-0.2, 0) is 19.7 Å². The number of morpholine rings is 1. The first-order chi connectivity index (χ1) is 9.20. The number of nitrogens with zero attached hydrogens (tertiary/aromatic N) is 1. The predicted octanol–water partition coefficient (Wildman–Crippen LogP) is 0.573. The first-order valence-corrected chi connectivity index (χ1v) is 8.29. The maximum absolute atomic E-state index is 12.2. The minimum absolute atomic E-state index is 0.0533. The second-order valence-corrected chi connectivity index (χ2v) is 7.09. The van der Waals surface area contributed by atoms with Crippen LogP contribution >= 0.6 is 0 Å². The van der Waals surface area contributed by atoms with Gasteiger partial charge in [-0.2, -0.15) is 17.4 Å². The van der Waals surface area contributed by atoms with Crippen LogP contribution in [0.25, 0.3) is 0 Å². The molecule has 0 radical (unpaired) electrons. The van der Waals surface area contributed by atoms with Crippen molar-refractivity contribution in [3.05, 3.63) is 0 Å². The number of hydrogen-bond donors (Lipinski definition) is 2. The summed E-state index contributed by atoms with van der Waals surface area (Å²) in [6.07, 6.45) is 0.753. The fourth-order valence-electron chi connectivity index (χ4n) is 2.27. The number of ether oxygens (including phenoxy) is 1. The first-order valence-electron chi connectivity index (χ1n) is 6.85. The summed E-state index contributed by atoms with van der Waals surface area (Å²) in [6.45, 7) is 6.10. The zero-order valence-corrected chi connectivity index (χ0v) is 13.0. The third-order valence-corrected chi connectivity index (χ3v) is 4.78. The number of hydrogen-bond acceptors (Lipinski definition) is 4. The highest BCUT2D eigenvalue weighted by Gasteiger charge is 2.31. The highest BCUT2D eigenvalue weighted by atomic mass is 32.2. The summed E-state index contributed by atoms with van der Waals surface area (Å²) in [4.78, 5) is 10.4. The second kappa shape index (κ2) is 7.35.